The van der Waals surface area contributed by atoms with Crippen LogP contribution in [0.3, 0.4) is 0 Å². The smallest absolute Gasteiger partial charge is 0.306 e. The molecule has 0 bridgehead atoms. The highest BCUT2D eigenvalue weighted by atomic mass is 16.6. The van der Waals surface area contributed by atoms with E-state index in [9.17, 15) is 14.4 Å². The second-order valence-electron chi connectivity index (χ2n) is 15.6. The largest absolute Gasteiger partial charge is 0.462 e. The van der Waals surface area contributed by atoms with Crippen LogP contribution >= 0.6 is 0 Å². The van der Waals surface area contributed by atoms with Crippen molar-refractivity contribution in [2.45, 2.75) is 232 Å². The van der Waals surface area contributed by atoms with Gasteiger partial charge >= 0.3 is 17.9 Å². The van der Waals surface area contributed by atoms with Gasteiger partial charge in [0, 0.05) is 19.3 Å². The zero-order valence-electron chi connectivity index (χ0n) is 37.3. The Balaban J connectivity index is 4.29. The summed E-state index contributed by atoms with van der Waals surface area (Å²) >= 11 is 0. The molecule has 6 nitrogen and oxygen atoms in total. The van der Waals surface area contributed by atoms with Crippen LogP contribution in [0.2, 0.25) is 0 Å². The van der Waals surface area contributed by atoms with Gasteiger partial charge in [0.15, 0.2) is 6.10 Å². The van der Waals surface area contributed by atoms with Crippen LogP contribution in [0.25, 0.3) is 0 Å². The predicted molar refractivity (Wildman–Crippen MR) is 242 cm³/mol. The molecule has 0 aromatic heterocycles. The Morgan fingerprint density at radius 1 is 0.368 bits per heavy atom. The van der Waals surface area contributed by atoms with Crippen molar-refractivity contribution in [1.29, 1.82) is 0 Å². The van der Waals surface area contributed by atoms with E-state index in [1.165, 1.54) is 77.0 Å². The van der Waals surface area contributed by atoms with E-state index in [2.05, 4.69) is 81.5 Å². The van der Waals surface area contributed by atoms with Gasteiger partial charge in [0.1, 0.15) is 13.2 Å². The lowest BCUT2D eigenvalue weighted by molar-refractivity contribution is -0.167. The maximum atomic E-state index is 12.7. The number of carbonyl (C=O) groups excluding carboxylic acids is 3. The Morgan fingerprint density at radius 2 is 0.684 bits per heavy atom. The van der Waals surface area contributed by atoms with Crippen molar-refractivity contribution >= 4 is 17.9 Å². The van der Waals surface area contributed by atoms with E-state index in [4.69, 9.17) is 14.2 Å². The van der Waals surface area contributed by atoms with Crippen molar-refractivity contribution in [3.63, 3.8) is 0 Å². The standard InChI is InChI=1S/C51H88O6/c1-4-7-10-13-16-18-20-22-24-26-28-29-31-33-35-38-41-44-50(53)56-47-48(46-55-49(52)43-40-37-15-12-9-6-3)57-51(54)45-42-39-36-34-32-30-27-25-23-21-19-17-14-11-8-5-2/h7,10,16,18-19,21-22,24-25,27,48H,4-6,8-9,11-15,17,20,23,26,28-47H2,1-3H3/b10-7-,18-16-,21-19-,24-22-,27-25-. The minimum absolute atomic E-state index is 0.0836. The molecule has 0 aromatic carbocycles. The van der Waals surface area contributed by atoms with Crippen molar-refractivity contribution in [1.82, 2.24) is 0 Å². The number of hydrogen-bond donors (Lipinski definition) is 0. The van der Waals surface area contributed by atoms with Crippen LogP contribution in [0.1, 0.15) is 226 Å². The van der Waals surface area contributed by atoms with Gasteiger partial charge in [-0.15, -0.1) is 0 Å². The topological polar surface area (TPSA) is 78.9 Å². The Kier molecular flexibility index (Phi) is 43.5. The average Bonchev–Trinajstić information content (AvgIpc) is 3.21. The fraction of sp³-hybridized carbons (Fsp3) is 0.745. The van der Waals surface area contributed by atoms with Gasteiger partial charge in [0.2, 0.25) is 0 Å². The van der Waals surface area contributed by atoms with Crippen molar-refractivity contribution in [3.05, 3.63) is 60.8 Å². The third-order valence-corrected chi connectivity index (χ3v) is 10.0. The van der Waals surface area contributed by atoms with Crippen LogP contribution in [-0.4, -0.2) is 37.2 Å². The lowest BCUT2D eigenvalue weighted by Crippen LogP contribution is -2.30. The molecule has 0 aliphatic rings. The highest BCUT2D eigenvalue weighted by molar-refractivity contribution is 5.71. The van der Waals surface area contributed by atoms with Crippen molar-refractivity contribution in [2.75, 3.05) is 13.2 Å². The fourth-order valence-corrected chi connectivity index (χ4v) is 6.43. The SMILES string of the molecule is CC/C=C\C/C=C\C/C=C\CCCCCCCCCC(=O)OCC(COC(=O)CCCCCCCC)OC(=O)CCCCCCC/C=C\C/C=C\CCCCCC. The zero-order chi connectivity index (χ0) is 41.5. The third kappa shape index (κ3) is 44.1. The van der Waals surface area contributed by atoms with Gasteiger partial charge in [-0.25, -0.2) is 0 Å². The average molecular weight is 797 g/mol. The highest BCUT2D eigenvalue weighted by Crippen LogP contribution is 2.13. The van der Waals surface area contributed by atoms with E-state index in [-0.39, 0.29) is 31.1 Å². The Bertz CT molecular complexity index is 1050. The summed E-state index contributed by atoms with van der Waals surface area (Å²) in [6, 6.07) is 0. The molecule has 0 fully saturated rings. The number of esters is 3. The molecule has 0 saturated heterocycles. The number of unbranched alkanes of at least 4 members (excludes halogenated alkanes) is 21. The van der Waals surface area contributed by atoms with Gasteiger partial charge in [-0.05, 0) is 83.5 Å². The minimum atomic E-state index is -0.781. The Morgan fingerprint density at radius 3 is 1.09 bits per heavy atom. The zero-order valence-corrected chi connectivity index (χ0v) is 37.3. The molecule has 0 amide bonds. The van der Waals surface area contributed by atoms with Crippen molar-refractivity contribution < 1.29 is 28.6 Å². The van der Waals surface area contributed by atoms with Crippen molar-refractivity contribution in [3.8, 4) is 0 Å². The minimum Gasteiger partial charge on any atom is -0.462 e. The molecule has 1 atom stereocenters. The lowest BCUT2D eigenvalue weighted by Gasteiger charge is -2.18. The van der Waals surface area contributed by atoms with Gasteiger partial charge in [-0.2, -0.15) is 0 Å². The predicted octanol–water partition coefficient (Wildman–Crippen LogP) is 15.3. The number of carbonyl (C=O) groups is 3. The number of rotatable bonds is 42. The van der Waals surface area contributed by atoms with Crippen LogP contribution in [0.4, 0.5) is 0 Å². The molecule has 0 radical (unpaired) electrons. The maximum absolute atomic E-state index is 12.7. The van der Waals surface area contributed by atoms with Gasteiger partial charge in [-0.1, -0.05) is 184 Å². The second-order valence-corrected chi connectivity index (χ2v) is 15.6. The number of ether oxygens (including phenoxy) is 3. The van der Waals surface area contributed by atoms with Crippen LogP contribution in [0.5, 0.6) is 0 Å². The van der Waals surface area contributed by atoms with Gasteiger partial charge < -0.3 is 14.2 Å². The van der Waals surface area contributed by atoms with Gasteiger partial charge in [-0.3, -0.25) is 14.4 Å². The molecule has 0 aromatic rings. The van der Waals surface area contributed by atoms with E-state index >= 15 is 0 Å². The summed E-state index contributed by atoms with van der Waals surface area (Å²) in [7, 11) is 0. The molecule has 57 heavy (non-hydrogen) atoms. The molecule has 0 saturated carbocycles. The molecule has 0 rings (SSSR count). The summed E-state index contributed by atoms with van der Waals surface area (Å²) in [5.41, 5.74) is 0. The molecular formula is C51H88O6. The number of hydrogen-bond acceptors (Lipinski definition) is 6. The maximum Gasteiger partial charge on any atom is 0.306 e. The summed E-state index contributed by atoms with van der Waals surface area (Å²) in [6.07, 6.45) is 55.0. The first-order valence-electron chi connectivity index (χ1n) is 23.8. The number of allylic oxidation sites excluding steroid dienone is 10. The quantitative estimate of drug-likeness (QED) is 0.0265. The lowest BCUT2D eigenvalue weighted by atomic mass is 10.1. The van der Waals surface area contributed by atoms with Crippen LogP contribution in [0, 0.1) is 0 Å². The summed E-state index contributed by atoms with van der Waals surface area (Å²) in [5, 5.41) is 0. The van der Waals surface area contributed by atoms with E-state index in [1.807, 2.05) is 0 Å². The normalized spacial score (nSPS) is 12.5. The Hall–Kier alpha value is -2.89. The van der Waals surface area contributed by atoms with E-state index in [0.29, 0.717) is 19.3 Å². The van der Waals surface area contributed by atoms with E-state index < -0.39 is 6.10 Å². The first-order chi connectivity index (χ1) is 28.0. The molecule has 0 aliphatic carbocycles. The molecular weight excluding hydrogens is 709 g/mol. The van der Waals surface area contributed by atoms with Gasteiger partial charge in [0.25, 0.3) is 0 Å². The molecule has 328 valence electrons. The van der Waals surface area contributed by atoms with Crippen LogP contribution < -0.4 is 0 Å². The third-order valence-electron chi connectivity index (χ3n) is 10.0. The fourth-order valence-electron chi connectivity index (χ4n) is 6.43. The van der Waals surface area contributed by atoms with Crippen molar-refractivity contribution in [2.24, 2.45) is 0 Å². The second kappa shape index (κ2) is 45.8. The summed E-state index contributed by atoms with van der Waals surface area (Å²) in [4.78, 5) is 37.6. The summed E-state index contributed by atoms with van der Waals surface area (Å²) < 4.78 is 16.6. The van der Waals surface area contributed by atoms with Crippen LogP contribution in [-0.2, 0) is 28.6 Å². The van der Waals surface area contributed by atoms with E-state index in [1.54, 1.807) is 0 Å². The molecule has 0 N–H and O–H groups in total. The molecule has 0 heterocycles. The Labute approximate surface area is 351 Å². The highest BCUT2D eigenvalue weighted by Gasteiger charge is 2.19. The molecule has 1 unspecified atom stereocenters. The first kappa shape index (κ1) is 54.1. The molecule has 6 heteroatoms. The summed E-state index contributed by atoms with van der Waals surface area (Å²) in [5.74, 6) is -0.918. The molecule has 0 spiro atoms. The summed E-state index contributed by atoms with van der Waals surface area (Å²) in [6.45, 7) is 6.42. The van der Waals surface area contributed by atoms with E-state index in [0.717, 1.165) is 109 Å². The van der Waals surface area contributed by atoms with Crippen LogP contribution in [0.15, 0.2) is 60.8 Å². The first-order valence-corrected chi connectivity index (χ1v) is 23.8. The van der Waals surface area contributed by atoms with Gasteiger partial charge in [0.05, 0.1) is 0 Å². The molecule has 0 aliphatic heterocycles. The monoisotopic (exact) mass is 797 g/mol.